The van der Waals surface area contributed by atoms with Crippen molar-refractivity contribution in [3.8, 4) is 27.9 Å². The van der Waals surface area contributed by atoms with Gasteiger partial charge in [0.15, 0.2) is 0 Å². The standard InChI is InChI=1S/C54H42N2/c1-4-36(3)37-24-28-44-43-27-23-35(2)31-49(43)54(50(44)32-37)48-21-13-11-19-42(48)45-29-25-41(34-51(45)54)55(38-15-7-5-8-16-38)40-26-30-53-47(33-40)46-20-12-14-22-52(46)56(53)39-17-9-6-10-18-39/h5-34,36H,4H2,1-3H3. The maximum absolute atomic E-state index is 2.54. The first-order valence-corrected chi connectivity index (χ1v) is 20.0. The molecular weight excluding hydrogens is 677 g/mol. The summed E-state index contributed by atoms with van der Waals surface area (Å²) in [6.07, 6.45) is 1.11. The van der Waals surface area contributed by atoms with Gasteiger partial charge in [-0.25, -0.2) is 0 Å². The Morgan fingerprint density at radius 3 is 1.88 bits per heavy atom. The molecule has 2 nitrogen and oxygen atoms in total. The van der Waals surface area contributed by atoms with Crippen molar-refractivity contribution in [2.24, 2.45) is 0 Å². The Labute approximate surface area is 328 Å². The van der Waals surface area contributed by atoms with Gasteiger partial charge in [-0.3, -0.25) is 0 Å². The van der Waals surface area contributed by atoms with E-state index in [1.54, 1.807) is 0 Å². The summed E-state index contributed by atoms with van der Waals surface area (Å²) in [6, 6.07) is 68.2. The normalized spacial score (nSPS) is 15.5. The minimum absolute atomic E-state index is 0.433. The first kappa shape index (κ1) is 32.8. The van der Waals surface area contributed by atoms with Crippen molar-refractivity contribution in [1.29, 1.82) is 0 Å². The number of fused-ring (bicyclic) bond motifs is 13. The van der Waals surface area contributed by atoms with E-state index in [4.69, 9.17) is 0 Å². The first-order valence-electron chi connectivity index (χ1n) is 20.0. The molecule has 0 amide bonds. The van der Waals surface area contributed by atoms with Crippen LogP contribution in [-0.4, -0.2) is 4.57 Å². The van der Waals surface area contributed by atoms with Crippen LogP contribution in [0.5, 0.6) is 0 Å². The number of hydrogen-bond donors (Lipinski definition) is 0. The first-order chi connectivity index (χ1) is 27.6. The van der Waals surface area contributed by atoms with Gasteiger partial charge in [0, 0.05) is 33.5 Å². The fourth-order valence-electron chi connectivity index (χ4n) is 9.96. The molecule has 1 aromatic heterocycles. The third-order valence-corrected chi connectivity index (χ3v) is 12.7. The molecule has 0 saturated heterocycles. The fraction of sp³-hybridized carbons (Fsp3) is 0.111. The molecule has 0 N–H and O–H groups in total. The van der Waals surface area contributed by atoms with Crippen molar-refractivity contribution < 1.29 is 0 Å². The van der Waals surface area contributed by atoms with Gasteiger partial charge in [0.25, 0.3) is 0 Å². The molecule has 0 fully saturated rings. The van der Waals surface area contributed by atoms with Gasteiger partial charge >= 0.3 is 0 Å². The SMILES string of the molecule is CCC(C)c1ccc2c(c1)C1(c3ccccc3-c3ccc(N(c4ccccc4)c4ccc5c(c4)c4ccccc4n5-c4ccccc4)cc31)c1cc(C)ccc1-2. The lowest BCUT2D eigenvalue weighted by molar-refractivity contribution is 0.725. The Bertz CT molecular complexity index is 2990. The summed E-state index contributed by atoms with van der Waals surface area (Å²) in [5.41, 5.74) is 20.1. The molecule has 0 aliphatic heterocycles. The topological polar surface area (TPSA) is 8.17 Å². The quantitative estimate of drug-likeness (QED) is 0.166. The molecule has 2 atom stereocenters. The van der Waals surface area contributed by atoms with Crippen LogP contribution in [0.4, 0.5) is 17.1 Å². The van der Waals surface area contributed by atoms with Crippen molar-refractivity contribution in [1.82, 2.24) is 4.57 Å². The average molecular weight is 719 g/mol. The van der Waals surface area contributed by atoms with E-state index in [1.165, 1.54) is 83.1 Å². The van der Waals surface area contributed by atoms with Crippen molar-refractivity contribution >= 4 is 38.9 Å². The van der Waals surface area contributed by atoms with Gasteiger partial charge in [0.05, 0.1) is 16.4 Å². The number of anilines is 3. The second-order valence-electron chi connectivity index (χ2n) is 15.7. The van der Waals surface area contributed by atoms with Gasteiger partial charge < -0.3 is 9.47 Å². The van der Waals surface area contributed by atoms with E-state index in [1.807, 2.05) is 0 Å². The maximum atomic E-state index is 2.54. The molecule has 0 radical (unpaired) electrons. The number of aromatic nitrogens is 1. The third kappa shape index (κ3) is 4.56. The Morgan fingerprint density at radius 1 is 0.482 bits per heavy atom. The third-order valence-electron chi connectivity index (χ3n) is 12.7. The van der Waals surface area contributed by atoms with E-state index >= 15 is 0 Å². The van der Waals surface area contributed by atoms with Crippen LogP contribution in [0.25, 0.3) is 49.7 Å². The predicted octanol–water partition coefficient (Wildman–Crippen LogP) is 14.4. The zero-order valence-electron chi connectivity index (χ0n) is 32.0. The molecule has 1 spiro atoms. The largest absolute Gasteiger partial charge is 0.310 e. The van der Waals surface area contributed by atoms with Crippen LogP contribution in [0.15, 0.2) is 182 Å². The summed E-state index contributed by atoms with van der Waals surface area (Å²) in [7, 11) is 0. The molecule has 56 heavy (non-hydrogen) atoms. The fourth-order valence-corrected chi connectivity index (χ4v) is 9.96. The Balaban J connectivity index is 1.18. The molecular formula is C54H42N2. The highest BCUT2D eigenvalue weighted by atomic mass is 15.1. The lowest BCUT2D eigenvalue weighted by Crippen LogP contribution is -2.26. The molecule has 11 rings (SSSR count). The van der Waals surface area contributed by atoms with E-state index in [0.29, 0.717) is 5.92 Å². The van der Waals surface area contributed by atoms with Crippen LogP contribution in [-0.2, 0) is 5.41 Å². The highest BCUT2D eigenvalue weighted by Gasteiger charge is 2.52. The van der Waals surface area contributed by atoms with Crippen molar-refractivity contribution in [3.05, 3.63) is 215 Å². The Morgan fingerprint density at radius 2 is 1.07 bits per heavy atom. The molecule has 2 aliphatic rings. The highest BCUT2D eigenvalue weighted by Crippen LogP contribution is 2.64. The summed E-state index contributed by atoms with van der Waals surface area (Å²) in [4.78, 5) is 2.45. The summed E-state index contributed by atoms with van der Waals surface area (Å²) in [5.74, 6) is 0.474. The monoisotopic (exact) mass is 718 g/mol. The van der Waals surface area contributed by atoms with Crippen LogP contribution in [0, 0.1) is 6.92 Å². The van der Waals surface area contributed by atoms with Crippen LogP contribution in [0.1, 0.15) is 59.6 Å². The summed E-state index contributed by atoms with van der Waals surface area (Å²) >= 11 is 0. The number of rotatable bonds is 6. The van der Waals surface area contributed by atoms with E-state index in [0.717, 1.165) is 23.5 Å². The Kier molecular flexibility index (Phi) is 7.28. The Hall–Kier alpha value is -6.64. The number of benzene rings is 8. The summed E-state index contributed by atoms with van der Waals surface area (Å²) < 4.78 is 2.39. The van der Waals surface area contributed by atoms with Crippen LogP contribution in [0.3, 0.4) is 0 Å². The van der Waals surface area contributed by atoms with Crippen molar-refractivity contribution in [2.45, 2.75) is 38.5 Å². The number of para-hydroxylation sites is 3. The number of aryl methyl sites for hydroxylation is 1. The van der Waals surface area contributed by atoms with Crippen molar-refractivity contribution in [2.75, 3.05) is 4.90 Å². The zero-order valence-corrected chi connectivity index (χ0v) is 32.0. The lowest BCUT2D eigenvalue weighted by Gasteiger charge is -2.33. The van der Waals surface area contributed by atoms with Gasteiger partial charge in [-0.05, 0) is 130 Å². The van der Waals surface area contributed by atoms with Gasteiger partial charge in [-0.15, -0.1) is 0 Å². The molecule has 268 valence electrons. The minimum atomic E-state index is -0.433. The van der Waals surface area contributed by atoms with Crippen molar-refractivity contribution in [3.63, 3.8) is 0 Å². The van der Waals surface area contributed by atoms with E-state index in [2.05, 4.69) is 212 Å². The predicted molar refractivity (Wildman–Crippen MR) is 235 cm³/mol. The molecule has 8 aromatic carbocycles. The molecule has 0 bridgehead atoms. The molecule has 2 unspecified atom stereocenters. The van der Waals surface area contributed by atoms with Crippen LogP contribution in [0.2, 0.25) is 0 Å². The average Bonchev–Trinajstić information content (AvgIpc) is 3.85. The van der Waals surface area contributed by atoms with Gasteiger partial charge in [0.1, 0.15) is 0 Å². The highest BCUT2D eigenvalue weighted by molar-refractivity contribution is 6.11. The maximum Gasteiger partial charge on any atom is 0.0726 e. The lowest BCUT2D eigenvalue weighted by atomic mass is 9.70. The van der Waals surface area contributed by atoms with Gasteiger partial charge in [-0.2, -0.15) is 0 Å². The second kappa shape index (κ2) is 12.4. The number of hydrogen-bond acceptors (Lipinski definition) is 1. The summed E-state index contributed by atoms with van der Waals surface area (Å²) in [6.45, 7) is 6.90. The van der Waals surface area contributed by atoms with E-state index < -0.39 is 5.41 Å². The molecule has 9 aromatic rings. The van der Waals surface area contributed by atoms with Crippen LogP contribution < -0.4 is 4.90 Å². The number of nitrogens with zero attached hydrogens (tertiary/aromatic N) is 2. The molecule has 2 heteroatoms. The van der Waals surface area contributed by atoms with E-state index in [9.17, 15) is 0 Å². The van der Waals surface area contributed by atoms with Gasteiger partial charge in [0.2, 0.25) is 0 Å². The van der Waals surface area contributed by atoms with E-state index in [-0.39, 0.29) is 0 Å². The van der Waals surface area contributed by atoms with Gasteiger partial charge in [-0.1, -0.05) is 141 Å². The minimum Gasteiger partial charge on any atom is -0.310 e. The molecule has 1 heterocycles. The summed E-state index contributed by atoms with van der Waals surface area (Å²) in [5, 5.41) is 2.48. The molecule has 2 aliphatic carbocycles. The molecule has 0 saturated carbocycles. The van der Waals surface area contributed by atoms with Crippen LogP contribution >= 0.6 is 0 Å². The second-order valence-corrected chi connectivity index (χ2v) is 15.7. The smallest absolute Gasteiger partial charge is 0.0726 e. The zero-order chi connectivity index (χ0) is 37.5.